The smallest absolute Gasteiger partial charge is 0.338 e. The number of allylic oxidation sites excluding steroid dienone is 1. The number of fused-ring (bicyclic) bond motifs is 1. The number of benzene rings is 2. The second-order valence-corrected chi connectivity index (χ2v) is 10.8. The molecule has 1 aliphatic rings. The molecule has 0 aliphatic carbocycles. The number of hydrogen-bond donors (Lipinski definition) is 0. The summed E-state index contributed by atoms with van der Waals surface area (Å²) in [7, 11) is 1.55. The number of thiazole rings is 1. The average molecular weight is 549 g/mol. The van der Waals surface area contributed by atoms with Gasteiger partial charge in [-0.2, -0.15) is 0 Å². The van der Waals surface area contributed by atoms with Crippen LogP contribution in [0.15, 0.2) is 69.6 Å². The minimum absolute atomic E-state index is 0.115. The third kappa shape index (κ3) is 6.40. The number of aromatic nitrogens is 1. The summed E-state index contributed by atoms with van der Waals surface area (Å²) in [4.78, 5) is 32.5. The van der Waals surface area contributed by atoms with Crippen LogP contribution < -0.4 is 19.6 Å². The van der Waals surface area contributed by atoms with Crippen LogP contribution >= 0.6 is 11.3 Å². The van der Waals surface area contributed by atoms with Crippen LogP contribution in [0.3, 0.4) is 0 Å². The molecule has 0 N–H and O–H groups in total. The minimum Gasteiger partial charge on any atom is -0.493 e. The molecule has 8 heteroatoms. The highest BCUT2D eigenvalue weighted by molar-refractivity contribution is 7.07. The summed E-state index contributed by atoms with van der Waals surface area (Å²) < 4.78 is 18.7. The quantitative estimate of drug-likeness (QED) is 0.256. The lowest BCUT2D eigenvalue weighted by atomic mass is 9.93. The molecule has 0 amide bonds. The molecule has 206 valence electrons. The van der Waals surface area contributed by atoms with Gasteiger partial charge < -0.3 is 14.2 Å². The monoisotopic (exact) mass is 548 g/mol. The van der Waals surface area contributed by atoms with Crippen LogP contribution in [0.5, 0.6) is 5.75 Å². The van der Waals surface area contributed by atoms with E-state index < -0.39 is 12.0 Å². The van der Waals surface area contributed by atoms with E-state index in [1.165, 1.54) is 16.9 Å². The van der Waals surface area contributed by atoms with Gasteiger partial charge in [0.15, 0.2) is 4.80 Å². The van der Waals surface area contributed by atoms with Crippen LogP contribution in [0, 0.1) is 0 Å². The molecule has 2 heterocycles. The fourth-order valence-corrected chi connectivity index (χ4v) is 5.49. The van der Waals surface area contributed by atoms with Crippen molar-refractivity contribution in [2.45, 2.75) is 52.5 Å². The Kier molecular flexibility index (Phi) is 9.54. The van der Waals surface area contributed by atoms with E-state index in [2.05, 4.69) is 25.8 Å². The summed E-state index contributed by atoms with van der Waals surface area (Å²) in [6.07, 6.45) is 3.84. The molecule has 3 aromatic rings. The van der Waals surface area contributed by atoms with Gasteiger partial charge in [-0.05, 0) is 42.5 Å². The van der Waals surface area contributed by atoms with E-state index in [1.54, 1.807) is 18.6 Å². The first-order chi connectivity index (χ1) is 18.8. The van der Waals surface area contributed by atoms with Crippen LogP contribution in [0.4, 0.5) is 0 Å². The van der Waals surface area contributed by atoms with Gasteiger partial charge in [0.2, 0.25) is 0 Å². The van der Waals surface area contributed by atoms with E-state index in [0.717, 1.165) is 29.7 Å². The molecule has 1 unspecified atom stereocenters. The first kappa shape index (κ1) is 28.5. The lowest BCUT2D eigenvalue weighted by molar-refractivity contribution is -0.140. The Hall–Kier alpha value is -3.49. The zero-order valence-electron chi connectivity index (χ0n) is 23.2. The number of unbranched alkanes of at least 4 members (excludes halogenated alkanes) is 1. The number of carbonyl (C=O) groups is 1. The van der Waals surface area contributed by atoms with Crippen LogP contribution in [-0.4, -0.2) is 37.5 Å². The molecule has 1 aliphatic heterocycles. The van der Waals surface area contributed by atoms with Crippen LogP contribution in [-0.2, 0) is 14.3 Å². The molecule has 0 bridgehead atoms. The highest BCUT2D eigenvalue weighted by atomic mass is 32.1. The Morgan fingerprint density at radius 3 is 2.54 bits per heavy atom. The maximum atomic E-state index is 13.9. The average Bonchev–Trinajstić information content (AvgIpc) is 3.23. The minimum atomic E-state index is -0.657. The first-order valence-corrected chi connectivity index (χ1v) is 14.2. The number of esters is 1. The maximum absolute atomic E-state index is 13.9. The summed E-state index contributed by atoms with van der Waals surface area (Å²) in [5, 5.41) is 0. The molecule has 7 nitrogen and oxygen atoms in total. The molecule has 1 aromatic heterocycles. The summed E-state index contributed by atoms with van der Waals surface area (Å²) in [5.41, 5.74) is 3.50. The Morgan fingerprint density at radius 1 is 1.10 bits per heavy atom. The predicted octanol–water partition coefficient (Wildman–Crippen LogP) is 4.73. The lowest BCUT2D eigenvalue weighted by Crippen LogP contribution is -2.40. The zero-order valence-corrected chi connectivity index (χ0v) is 24.0. The number of nitrogens with zero attached hydrogens (tertiary/aromatic N) is 2. The maximum Gasteiger partial charge on any atom is 0.338 e. The molecule has 4 rings (SSSR count). The van der Waals surface area contributed by atoms with Crippen molar-refractivity contribution >= 4 is 23.4 Å². The fourth-order valence-electron chi connectivity index (χ4n) is 4.46. The largest absolute Gasteiger partial charge is 0.493 e. The van der Waals surface area contributed by atoms with Crippen molar-refractivity contribution in [1.29, 1.82) is 0 Å². The van der Waals surface area contributed by atoms with Crippen LogP contribution in [0.25, 0.3) is 6.08 Å². The van der Waals surface area contributed by atoms with Gasteiger partial charge in [0.05, 0.1) is 35.1 Å². The highest BCUT2D eigenvalue weighted by Crippen LogP contribution is 2.31. The lowest BCUT2D eigenvalue weighted by Gasteiger charge is -2.25. The molecular formula is C31H36N2O5S. The normalized spacial score (nSPS) is 15.3. The van der Waals surface area contributed by atoms with E-state index in [4.69, 9.17) is 14.2 Å². The van der Waals surface area contributed by atoms with E-state index in [1.807, 2.05) is 54.6 Å². The third-order valence-corrected chi connectivity index (χ3v) is 7.63. The van der Waals surface area contributed by atoms with Gasteiger partial charge in [0.25, 0.3) is 5.56 Å². The molecule has 1 atom stereocenters. The SMILES string of the molecule is CCCCOc1ccccc1C=c1sc2n(c1=O)C(c1ccc(C(C)C)cc1)C(C(=O)OCCOC)=C(C)N=2. The molecule has 39 heavy (non-hydrogen) atoms. The van der Waals surface area contributed by atoms with Crippen molar-refractivity contribution < 1.29 is 19.0 Å². The van der Waals surface area contributed by atoms with Crippen molar-refractivity contribution in [1.82, 2.24) is 4.57 Å². The molecular weight excluding hydrogens is 512 g/mol. The summed E-state index contributed by atoms with van der Waals surface area (Å²) in [5.74, 6) is 0.586. The second-order valence-electron chi connectivity index (χ2n) is 9.77. The standard InChI is InChI=1S/C31H36N2O5S/c1-6-7-16-37-25-11-9-8-10-24(25)19-26-29(34)33-28(23-14-12-22(13-15-23)20(2)3)27(21(4)32-31(33)39-26)30(35)38-18-17-36-5/h8-15,19-20,28H,6-7,16-18H2,1-5H3. The van der Waals surface area contributed by atoms with Crippen LogP contribution in [0.1, 0.15) is 69.2 Å². The number of hydrogen-bond acceptors (Lipinski definition) is 7. The molecule has 0 fully saturated rings. The highest BCUT2D eigenvalue weighted by Gasteiger charge is 2.33. The van der Waals surface area contributed by atoms with Crippen molar-refractivity contribution in [3.8, 4) is 5.75 Å². The Morgan fingerprint density at radius 2 is 1.85 bits per heavy atom. The van der Waals surface area contributed by atoms with E-state index in [0.29, 0.717) is 33.1 Å². The number of para-hydroxylation sites is 1. The number of carbonyl (C=O) groups excluding carboxylic acids is 1. The molecule has 2 aromatic carbocycles. The number of ether oxygens (including phenoxy) is 3. The van der Waals surface area contributed by atoms with Crippen molar-refractivity contribution in [3.05, 3.63) is 96.2 Å². The van der Waals surface area contributed by atoms with Gasteiger partial charge in [0.1, 0.15) is 12.4 Å². The summed E-state index contributed by atoms with van der Waals surface area (Å²) >= 11 is 1.31. The number of rotatable bonds is 11. The van der Waals surface area contributed by atoms with Crippen molar-refractivity contribution in [2.24, 2.45) is 4.99 Å². The van der Waals surface area contributed by atoms with Crippen molar-refractivity contribution in [2.75, 3.05) is 26.9 Å². The fraction of sp³-hybridized carbons (Fsp3) is 0.387. The molecule has 0 saturated heterocycles. The van der Waals surface area contributed by atoms with Gasteiger partial charge in [-0.15, -0.1) is 0 Å². The van der Waals surface area contributed by atoms with Gasteiger partial charge in [-0.1, -0.05) is 81.0 Å². The Bertz CT molecular complexity index is 1520. The Labute approximate surface area is 233 Å². The number of methoxy groups -OCH3 is 1. The van der Waals surface area contributed by atoms with Gasteiger partial charge in [-0.3, -0.25) is 9.36 Å². The zero-order chi connectivity index (χ0) is 27.9. The third-order valence-electron chi connectivity index (χ3n) is 6.64. The van der Waals surface area contributed by atoms with Gasteiger partial charge >= 0.3 is 5.97 Å². The predicted molar refractivity (Wildman–Crippen MR) is 154 cm³/mol. The second kappa shape index (κ2) is 13.0. The molecule has 0 spiro atoms. The van der Waals surface area contributed by atoms with Crippen molar-refractivity contribution in [3.63, 3.8) is 0 Å². The summed E-state index contributed by atoms with van der Waals surface area (Å²) in [6, 6.07) is 15.1. The molecule has 0 radical (unpaired) electrons. The van der Waals surface area contributed by atoms with E-state index in [-0.39, 0.29) is 18.8 Å². The van der Waals surface area contributed by atoms with Gasteiger partial charge in [0, 0.05) is 12.7 Å². The van der Waals surface area contributed by atoms with Crippen LogP contribution in [0.2, 0.25) is 0 Å². The topological polar surface area (TPSA) is 79.1 Å². The van der Waals surface area contributed by atoms with Gasteiger partial charge in [-0.25, -0.2) is 9.79 Å². The van der Waals surface area contributed by atoms with E-state index >= 15 is 0 Å². The molecule has 0 saturated carbocycles. The first-order valence-electron chi connectivity index (χ1n) is 13.4. The summed E-state index contributed by atoms with van der Waals surface area (Å²) in [6.45, 7) is 9.18. The Balaban J connectivity index is 1.84. The van der Waals surface area contributed by atoms with E-state index in [9.17, 15) is 9.59 Å².